The number of benzene rings is 1. The van der Waals surface area contributed by atoms with Gasteiger partial charge in [-0.15, -0.1) is 0 Å². The molecule has 5 nitrogen and oxygen atoms in total. The first-order valence-electron chi connectivity index (χ1n) is 7.97. The second-order valence-corrected chi connectivity index (χ2v) is 6.17. The van der Waals surface area contributed by atoms with Crippen LogP contribution in [0.4, 0.5) is 10.5 Å². The zero-order valence-corrected chi connectivity index (χ0v) is 13.8. The minimum Gasteiger partial charge on any atom is -0.497 e. The Morgan fingerprint density at radius 1 is 1.26 bits per heavy atom. The topological polar surface area (TPSA) is 46.5 Å². The molecule has 0 saturated carbocycles. The molecule has 2 aromatic rings. The van der Waals surface area contributed by atoms with Crippen LogP contribution in [-0.4, -0.2) is 29.2 Å². The number of ether oxygens (including phenoxy) is 1. The number of hydrogen-bond donors (Lipinski definition) is 1. The third kappa shape index (κ3) is 3.04. The average molecular weight is 313 g/mol. The van der Waals surface area contributed by atoms with Crippen molar-refractivity contribution >= 4 is 11.7 Å². The van der Waals surface area contributed by atoms with Crippen LogP contribution >= 0.6 is 0 Å². The Morgan fingerprint density at radius 3 is 2.83 bits per heavy atom. The molecule has 0 saturated heterocycles. The number of methoxy groups -OCH3 is 1. The van der Waals surface area contributed by atoms with E-state index in [4.69, 9.17) is 4.74 Å². The number of carbonyl (C=O) groups is 1. The van der Waals surface area contributed by atoms with Crippen molar-refractivity contribution in [2.75, 3.05) is 19.0 Å². The van der Waals surface area contributed by atoms with Crippen molar-refractivity contribution in [1.82, 2.24) is 9.47 Å². The van der Waals surface area contributed by atoms with Crippen molar-refractivity contribution < 1.29 is 9.53 Å². The molecule has 0 unspecified atom stereocenters. The monoisotopic (exact) mass is 313 g/mol. The van der Waals surface area contributed by atoms with Gasteiger partial charge in [0.1, 0.15) is 5.75 Å². The molecular formula is C18H23N3O2. The van der Waals surface area contributed by atoms with Crippen LogP contribution in [0.2, 0.25) is 0 Å². The average Bonchev–Trinajstić information content (AvgIpc) is 3.02. The molecule has 1 aromatic heterocycles. The molecule has 1 atom stereocenters. The first-order valence-corrected chi connectivity index (χ1v) is 7.97. The molecule has 2 heterocycles. The number of nitrogens with zero attached hydrogens (tertiary/aromatic N) is 2. The van der Waals surface area contributed by atoms with E-state index < -0.39 is 0 Å². The van der Waals surface area contributed by atoms with Gasteiger partial charge in [0.15, 0.2) is 0 Å². The fourth-order valence-electron chi connectivity index (χ4n) is 3.24. The quantitative estimate of drug-likeness (QED) is 0.938. The summed E-state index contributed by atoms with van der Waals surface area (Å²) < 4.78 is 7.45. The number of aromatic nitrogens is 1. The van der Waals surface area contributed by atoms with E-state index in [0.717, 1.165) is 18.0 Å². The molecule has 23 heavy (non-hydrogen) atoms. The van der Waals surface area contributed by atoms with Crippen molar-refractivity contribution in [1.29, 1.82) is 0 Å². The predicted octanol–water partition coefficient (Wildman–Crippen LogP) is 3.74. The summed E-state index contributed by atoms with van der Waals surface area (Å²) in [7, 11) is 1.62. The Hall–Kier alpha value is -2.43. The predicted molar refractivity (Wildman–Crippen MR) is 90.7 cm³/mol. The Morgan fingerprint density at radius 2 is 2.09 bits per heavy atom. The molecule has 0 bridgehead atoms. The summed E-state index contributed by atoms with van der Waals surface area (Å²) in [4.78, 5) is 14.7. The Bertz CT molecular complexity index is 693. The first-order chi connectivity index (χ1) is 11.1. The zero-order chi connectivity index (χ0) is 16.4. The van der Waals surface area contributed by atoms with E-state index in [-0.39, 0.29) is 12.1 Å². The van der Waals surface area contributed by atoms with Crippen molar-refractivity contribution in [3.05, 3.63) is 48.3 Å². The lowest BCUT2D eigenvalue weighted by Crippen LogP contribution is -2.45. The molecule has 1 aliphatic rings. The smallest absolute Gasteiger partial charge is 0.322 e. The number of carbonyl (C=O) groups excluding carboxylic acids is 1. The second-order valence-electron chi connectivity index (χ2n) is 6.17. The highest BCUT2D eigenvalue weighted by Gasteiger charge is 2.32. The minimum absolute atomic E-state index is 0.0654. The molecule has 1 aromatic carbocycles. The molecule has 1 N–H and O–H groups in total. The summed E-state index contributed by atoms with van der Waals surface area (Å²) in [6.07, 6.45) is 2.09. The van der Waals surface area contributed by atoms with Crippen LogP contribution < -0.4 is 10.1 Å². The molecule has 1 aliphatic heterocycles. The van der Waals surface area contributed by atoms with Gasteiger partial charge in [-0.3, -0.25) is 0 Å². The van der Waals surface area contributed by atoms with E-state index in [1.807, 2.05) is 35.2 Å². The normalized spacial score (nSPS) is 17.0. The molecule has 122 valence electrons. The summed E-state index contributed by atoms with van der Waals surface area (Å²) in [5.41, 5.74) is 1.95. The van der Waals surface area contributed by atoms with Crippen LogP contribution in [0.25, 0.3) is 0 Å². The van der Waals surface area contributed by atoms with Crippen LogP contribution in [0.15, 0.2) is 42.6 Å². The van der Waals surface area contributed by atoms with Gasteiger partial charge in [-0.2, -0.15) is 0 Å². The lowest BCUT2D eigenvalue weighted by Gasteiger charge is -2.39. The lowest BCUT2D eigenvalue weighted by molar-refractivity contribution is 0.144. The van der Waals surface area contributed by atoms with Crippen molar-refractivity contribution in [2.24, 2.45) is 5.92 Å². The highest BCUT2D eigenvalue weighted by Crippen LogP contribution is 2.32. The van der Waals surface area contributed by atoms with E-state index in [0.29, 0.717) is 12.5 Å². The maximum atomic E-state index is 12.8. The van der Waals surface area contributed by atoms with Gasteiger partial charge in [0.05, 0.1) is 13.2 Å². The van der Waals surface area contributed by atoms with Gasteiger partial charge in [-0.05, 0) is 30.2 Å². The first kappa shape index (κ1) is 15.5. The number of hydrogen-bond acceptors (Lipinski definition) is 2. The molecule has 0 fully saturated rings. The largest absolute Gasteiger partial charge is 0.497 e. The number of urea groups is 1. The second kappa shape index (κ2) is 6.36. The third-order valence-corrected chi connectivity index (χ3v) is 4.30. The summed E-state index contributed by atoms with van der Waals surface area (Å²) in [6.45, 7) is 5.84. The molecule has 0 radical (unpaired) electrons. The van der Waals surface area contributed by atoms with Gasteiger partial charge < -0.3 is 19.5 Å². The highest BCUT2D eigenvalue weighted by molar-refractivity contribution is 5.90. The van der Waals surface area contributed by atoms with Gasteiger partial charge in [-0.25, -0.2) is 4.79 Å². The zero-order valence-electron chi connectivity index (χ0n) is 13.8. The van der Waals surface area contributed by atoms with E-state index in [9.17, 15) is 4.79 Å². The Labute approximate surface area is 136 Å². The summed E-state index contributed by atoms with van der Waals surface area (Å²) in [5, 5.41) is 2.99. The molecule has 3 rings (SSSR count). The number of rotatable bonds is 3. The SMILES string of the molecule is COc1cccc(NC(=O)N2CCn3cccc3[C@@H]2C(C)C)c1. The summed E-state index contributed by atoms with van der Waals surface area (Å²) in [5.74, 6) is 1.08. The molecule has 0 spiro atoms. The molecule has 0 aliphatic carbocycles. The van der Waals surface area contributed by atoms with E-state index in [2.05, 4.69) is 36.0 Å². The van der Waals surface area contributed by atoms with Gasteiger partial charge in [0.25, 0.3) is 0 Å². The van der Waals surface area contributed by atoms with Gasteiger partial charge >= 0.3 is 6.03 Å². The summed E-state index contributed by atoms with van der Waals surface area (Å²) in [6, 6.07) is 11.6. The van der Waals surface area contributed by atoms with Crippen molar-refractivity contribution in [2.45, 2.75) is 26.4 Å². The third-order valence-electron chi connectivity index (χ3n) is 4.30. The standard InChI is InChI=1S/C18H23N3O2/c1-13(2)17-16-8-5-9-20(16)10-11-21(17)18(22)19-14-6-4-7-15(12-14)23-3/h4-9,12-13,17H,10-11H2,1-3H3,(H,19,22)/t17-/m0/s1. The van der Waals surface area contributed by atoms with E-state index in [1.165, 1.54) is 5.69 Å². The van der Waals surface area contributed by atoms with Crippen LogP contribution in [0.3, 0.4) is 0 Å². The maximum absolute atomic E-state index is 12.8. The van der Waals surface area contributed by atoms with Gasteiger partial charge in [-0.1, -0.05) is 19.9 Å². The van der Waals surface area contributed by atoms with E-state index in [1.54, 1.807) is 7.11 Å². The summed E-state index contributed by atoms with van der Waals surface area (Å²) >= 11 is 0. The Balaban J connectivity index is 1.81. The van der Waals surface area contributed by atoms with Crippen molar-refractivity contribution in [3.8, 4) is 5.75 Å². The molecule has 2 amide bonds. The van der Waals surface area contributed by atoms with Crippen molar-refractivity contribution in [3.63, 3.8) is 0 Å². The minimum atomic E-state index is -0.0654. The number of nitrogens with one attached hydrogen (secondary N) is 1. The van der Waals surface area contributed by atoms with Crippen LogP contribution in [0, 0.1) is 5.92 Å². The molecule has 5 heteroatoms. The van der Waals surface area contributed by atoms with Crippen LogP contribution in [0.5, 0.6) is 5.75 Å². The number of amides is 2. The fraction of sp³-hybridized carbons (Fsp3) is 0.389. The fourth-order valence-corrected chi connectivity index (χ4v) is 3.24. The lowest BCUT2D eigenvalue weighted by atomic mass is 9.97. The number of anilines is 1. The van der Waals surface area contributed by atoms with Gasteiger partial charge in [0, 0.05) is 36.7 Å². The van der Waals surface area contributed by atoms with Gasteiger partial charge in [0.2, 0.25) is 0 Å². The maximum Gasteiger partial charge on any atom is 0.322 e. The Kier molecular flexibility index (Phi) is 4.28. The van der Waals surface area contributed by atoms with E-state index >= 15 is 0 Å². The highest BCUT2D eigenvalue weighted by atomic mass is 16.5. The van der Waals surface area contributed by atoms with Crippen LogP contribution in [0.1, 0.15) is 25.6 Å². The molecular weight excluding hydrogens is 290 g/mol. The number of fused-ring (bicyclic) bond motifs is 1. The van der Waals surface area contributed by atoms with Crippen LogP contribution in [-0.2, 0) is 6.54 Å².